The van der Waals surface area contributed by atoms with Crippen LogP contribution in [0, 0.1) is 0 Å². The van der Waals surface area contributed by atoms with Crippen LogP contribution in [0.2, 0.25) is 0 Å². The molecule has 0 saturated carbocycles. The fourth-order valence-electron chi connectivity index (χ4n) is 1.29. The van der Waals surface area contributed by atoms with Gasteiger partial charge in [0.2, 0.25) is 5.91 Å². The fraction of sp³-hybridized carbons (Fsp3) is 0.778. The van der Waals surface area contributed by atoms with E-state index < -0.39 is 27.8 Å². The highest BCUT2D eigenvalue weighted by Gasteiger charge is 2.19. The molecule has 0 aliphatic carbocycles. The van der Waals surface area contributed by atoms with Gasteiger partial charge in [0.05, 0.1) is 11.8 Å². The molecule has 0 aromatic rings. The zero-order valence-corrected chi connectivity index (χ0v) is 11.2. The molecule has 0 spiro atoms. The molecule has 0 fully saturated rings. The lowest BCUT2D eigenvalue weighted by molar-refractivity contribution is -0.121. The Morgan fingerprint density at radius 2 is 1.76 bits per heavy atom. The monoisotopic (exact) mass is 265 g/mol. The van der Waals surface area contributed by atoms with Crippen LogP contribution in [-0.4, -0.2) is 51.5 Å². The van der Waals surface area contributed by atoms with Gasteiger partial charge in [-0.2, -0.15) is 0 Å². The number of carbonyl (C=O) groups is 2. The van der Waals surface area contributed by atoms with E-state index in [0.717, 1.165) is 6.26 Å². The molecule has 0 aliphatic rings. The van der Waals surface area contributed by atoms with Gasteiger partial charge in [0.1, 0.15) is 9.84 Å². The van der Waals surface area contributed by atoms with E-state index in [2.05, 4.69) is 16.0 Å². The Bertz CT molecular complexity index is 380. The zero-order chi connectivity index (χ0) is 13.6. The largest absolute Gasteiger partial charge is 0.341 e. The second-order valence-corrected chi connectivity index (χ2v) is 6.14. The molecule has 0 saturated heterocycles. The zero-order valence-electron chi connectivity index (χ0n) is 10.4. The number of sulfone groups is 1. The molecule has 2 unspecified atom stereocenters. The highest BCUT2D eigenvalue weighted by molar-refractivity contribution is 7.90. The van der Waals surface area contributed by atoms with E-state index in [1.54, 1.807) is 13.8 Å². The van der Waals surface area contributed by atoms with E-state index in [-0.39, 0.29) is 11.8 Å². The second-order valence-electron chi connectivity index (χ2n) is 3.95. The number of urea groups is 1. The summed E-state index contributed by atoms with van der Waals surface area (Å²) in [6.07, 6.45) is 1.13. The third-order valence-electron chi connectivity index (χ3n) is 1.94. The minimum absolute atomic E-state index is 0.0649. The smallest absolute Gasteiger partial charge is 0.321 e. The van der Waals surface area contributed by atoms with Crippen molar-refractivity contribution < 1.29 is 18.0 Å². The molecule has 0 aromatic carbocycles. The van der Waals surface area contributed by atoms with Crippen molar-refractivity contribution in [1.82, 2.24) is 16.0 Å². The number of hydrogen-bond donors (Lipinski definition) is 3. The van der Waals surface area contributed by atoms with Gasteiger partial charge in [0, 0.05) is 19.3 Å². The molecule has 8 heteroatoms. The summed E-state index contributed by atoms with van der Waals surface area (Å²) < 4.78 is 22.0. The molecule has 0 bridgehead atoms. The van der Waals surface area contributed by atoms with Crippen LogP contribution >= 0.6 is 0 Å². The van der Waals surface area contributed by atoms with Gasteiger partial charge in [-0.25, -0.2) is 13.2 Å². The van der Waals surface area contributed by atoms with E-state index in [0.29, 0.717) is 0 Å². The molecular formula is C9H19N3O4S. The van der Waals surface area contributed by atoms with Gasteiger partial charge in [0.15, 0.2) is 0 Å². The average Bonchev–Trinajstić information content (AvgIpc) is 2.14. The first kappa shape index (κ1) is 15.9. The van der Waals surface area contributed by atoms with Crippen molar-refractivity contribution in [2.75, 3.05) is 19.1 Å². The molecule has 0 aliphatic heterocycles. The number of carbonyl (C=O) groups excluding carboxylic acids is 2. The van der Waals surface area contributed by atoms with Crippen LogP contribution in [0.15, 0.2) is 0 Å². The third-order valence-corrected chi connectivity index (χ3v) is 3.05. The molecule has 0 rings (SSSR count). The Morgan fingerprint density at radius 3 is 2.18 bits per heavy atom. The van der Waals surface area contributed by atoms with Gasteiger partial charge in [-0.1, -0.05) is 0 Å². The van der Waals surface area contributed by atoms with Crippen LogP contribution in [0.4, 0.5) is 4.79 Å². The van der Waals surface area contributed by atoms with Crippen molar-refractivity contribution in [3.63, 3.8) is 0 Å². The molecule has 3 amide bonds. The maximum absolute atomic E-state index is 11.4. The maximum atomic E-state index is 11.4. The summed E-state index contributed by atoms with van der Waals surface area (Å²) >= 11 is 0. The van der Waals surface area contributed by atoms with Gasteiger partial charge < -0.3 is 10.6 Å². The lowest BCUT2D eigenvalue weighted by Crippen LogP contribution is -2.50. The van der Waals surface area contributed by atoms with E-state index >= 15 is 0 Å². The molecular weight excluding hydrogens is 246 g/mol. The highest BCUT2D eigenvalue weighted by Crippen LogP contribution is 1.93. The Kier molecular flexibility index (Phi) is 6.11. The minimum Gasteiger partial charge on any atom is -0.341 e. The Labute approximate surface area is 101 Å². The first-order chi connectivity index (χ1) is 7.65. The minimum atomic E-state index is -3.10. The third kappa shape index (κ3) is 7.70. The normalized spacial score (nSPS) is 14.8. The van der Waals surface area contributed by atoms with Crippen LogP contribution in [0.5, 0.6) is 0 Å². The predicted octanol–water partition coefficient (Wildman–Crippen LogP) is -1.15. The predicted molar refractivity (Wildman–Crippen MR) is 64.4 cm³/mol. The van der Waals surface area contributed by atoms with Crippen molar-refractivity contribution in [2.24, 2.45) is 0 Å². The van der Waals surface area contributed by atoms with Crippen LogP contribution < -0.4 is 16.0 Å². The van der Waals surface area contributed by atoms with Crippen LogP contribution in [-0.2, 0) is 14.6 Å². The van der Waals surface area contributed by atoms with Gasteiger partial charge >= 0.3 is 6.03 Å². The fourth-order valence-corrected chi connectivity index (χ4v) is 2.29. The van der Waals surface area contributed by atoms with Crippen molar-refractivity contribution in [3.8, 4) is 0 Å². The first-order valence-electron chi connectivity index (χ1n) is 5.12. The van der Waals surface area contributed by atoms with E-state index in [1.165, 1.54) is 7.05 Å². The summed E-state index contributed by atoms with van der Waals surface area (Å²) in [5.74, 6) is -0.574. The molecule has 7 nitrogen and oxygen atoms in total. The van der Waals surface area contributed by atoms with Crippen molar-refractivity contribution in [3.05, 3.63) is 0 Å². The average molecular weight is 265 g/mol. The van der Waals surface area contributed by atoms with Crippen LogP contribution in [0.3, 0.4) is 0 Å². The van der Waals surface area contributed by atoms with Crippen LogP contribution in [0.25, 0.3) is 0 Å². The van der Waals surface area contributed by atoms with Crippen molar-refractivity contribution in [1.29, 1.82) is 0 Å². The number of nitrogens with one attached hydrogen (secondary N) is 3. The molecule has 17 heavy (non-hydrogen) atoms. The molecule has 100 valence electrons. The lowest BCUT2D eigenvalue weighted by atomic mass is 10.2. The quantitative estimate of drug-likeness (QED) is 0.582. The standard InChI is InChI=1S/C9H19N3O4S/c1-6(5-17(4,15)16)11-7(2)8(13)12-9(14)10-3/h6-7,11H,5H2,1-4H3,(H2,10,12,13,14). The maximum Gasteiger partial charge on any atom is 0.321 e. The topological polar surface area (TPSA) is 104 Å². The number of amides is 3. The summed E-state index contributed by atoms with van der Waals surface area (Å²) in [6.45, 7) is 3.21. The van der Waals surface area contributed by atoms with Crippen LogP contribution in [0.1, 0.15) is 13.8 Å². The van der Waals surface area contributed by atoms with E-state index in [9.17, 15) is 18.0 Å². The summed E-state index contributed by atoms with van der Waals surface area (Å²) in [6, 6.07) is -1.61. The molecule has 3 N–H and O–H groups in total. The van der Waals surface area contributed by atoms with Gasteiger partial charge in [0.25, 0.3) is 0 Å². The Balaban J connectivity index is 4.21. The van der Waals surface area contributed by atoms with Crippen molar-refractivity contribution in [2.45, 2.75) is 25.9 Å². The highest BCUT2D eigenvalue weighted by atomic mass is 32.2. The summed E-state index contributed by atoms with van der Waals surface area (Å²) in [5.41, 5.74) is 0. The van der Waals surface area contributed by atoms with Gasteiger partial charge in [-0.05, 0) is 13.8 Å². The SMILES string of the molecule is CNC(=O)NC(=O)C(C)NC(C)CS(C)(=O)=O. The van der Waals surface area contributed by atoms with Gasteiger partial charge in [-0.3, -0.25) is 10.1 Å². The Hall–Kier alpha value is -1.15. The Morgan fingerprint density at radius 1 is 1.24 bits per heavy atom. The molecule has 0 aromatic heterocycles. The molecule has 0 heterocycles. The number of hydrogen-bond acceptors (Lipinski definition) is 5. The number of imide groups is 1. The van der Waals surface area contributed by atoms with Gasteiger partial charge in [-0.15, -0.1) is 0 Å². The van der Waals surface area contributed by atoms with Crippen molar-refractivity contribution >= 4 is 21.8 Å². The lowest BCUT2D eigenvalue weighted by Gasteiger charge is -2.18. The van der Waals surface area contributed by atoms with E-state index in [4.69, 9.17) is 0 Å². The number of rotatable bonds is 5. The summed E-state index contributed by atoms with van der Waals surface area (Å²) in [7, 11) is -1.70. The second kappa shape index (κ2) is 6.55. The van der Waals surface area contributed by atoms with E-state index in [1.807, 2.05) is 0 Å². The first-order valence-corrected chi connectivity index (χ1v) is 7.18. The molecule has 0 radical (unpaired) electrons. The summed E-state index contributed by atoms with van der Waals surface area (Å²) in [4.78, 5) is 22.3. The summed E-state index contributed by atoms with van der Waals surface area (Å²) in [5, 5.41) is 7.14. The molecule has 2 atom stereocenters.